The van der Waals surface area contributed by atoms with Crippen LogP contribution in [0.2, 0.25) is 0 Å². The van der Waals surface area contributed by atoms with E-state index in [1.165, 1.54) is 34.8 Å². The molecule has 0 spiro atoms. The van der Waals surface area contributed by atoms with Crippen molar-refractivity contribution >= 4 is 22.4 Å². The minimum Gasteiger partial charge on any atom is -0.493 e. The lowest BCUT2D eigenvalue weighted by Crippen LogP contribution is -2.44. The van der Waals surface area contributed by atoms with Gasteiger partial charge in [-0.2, -0.15) is 0 Å². The van der Waals surface area contributed by atoms with Crippen LogP contribution in [0, 0.1) is 10.3 Å². The van der Waals surface area contributed by atoms with Crippen molar-refractivity contribution in [2.45, 2.75) is 40.0 Å². The third kappa shape index (κ3) is 6.68. The first kappa shape index (κ1) is 27.5. The normalized spacial score (nSPS) is 15.3. The lowest BCUT2D eigenvalue weighted by molar-refractivity contribution is -0.578. The number of ether oxygens (including phenoxy) is 2. The summed E-state index contributed by atoms with van der Waals surface area (Å²) in [5.41, 5.74) is 4.66. The maximum Gasteiger partial charge on any atom is 0.253 e. The van der Waals surface area contributed by atoms with Gasteiger partial charge < -0.3 is 20.1 Å². The molecule has 1 aliphatic heterocycles. The first-order valence-electron chi connectivity index (χ1n) is 13.0. The second kappa shape index (κ2) is 12.4. The molecule has 10 heteroatoms. The number of nitrogens with zero attached hydrogens (tertiary/aromatic N) is 3. The number of anilines is 1. The molecule has 3 heterocycles. The quantitative estimate of drug-likeness (QED) is 0.331. The van der Waals surface area contributed by atoms with Crippen LogP contribution in [-0.4, -0.2) is 53.8 Å². The first-order valence-corrected chi connectivity index (χ1v) is 13.9. The van der Waals surface area contributed by atoms with Crippen molar-refractivity contribution in [1.82, 2.24) is 15.0 Å². The van der Waals surface area contributed by atoms with Gasteiger partial charge >= 0.3 is 0 Å². The van der Waals surface area contributed by atoms with Crippen LogP contribution in [0.25, 0.3) is 11.3 Å². The number of allylic oxidation sites excluding steroid dienone is 1. The molecule has 1 saturated heterocycles. The SMILES string of the molecule is CC.C[N+](=O)n1ccc(C(=O)NCC(Nc2nc(-c3cccc(OCC4(C)COC4)c3)cs2)=C2CCC2)c1. The molecule has 1 aliphatic carbocycles. The fourth-order valence-electron chi connectivity index (χ4n) is 4.01. The molecule has 2 fully saturated rings. The number of nitroso groups, excluding NO2 is 1. The van der Waals surface area contributed by atoms with Gasteiger partial charge in [-0.25, -0.2) is 4.98 Å². The summed E-state index contributed by atoms with van der Waals surface area (Å²) >= 11 is 1.53. The van der Waals surface area contributed by atoms with Crippen molar-refractivity contribution < 1.29 is 19.1 Å². The highest BCUT2D eigenvalue weighted by Crippen LogP contribution is 2.33. The summed E-state index contributed by atoms with van der Waals surface area (Å²) < 4.78 is 12.6. The van der Waals surface area contributed by atoms with Gasteiger partial charge in [0.25, 0.3) is 5.91 Å². The van der Waals surface area contributed by atoms with Crippen LogP contribution in [0.5, 0.6) is 5.75 Å². The third-order valence-electron chi connectivity index (χ3n) is 6.46. The molecule has 1 aromatic carbocycles. The molecular weight excluding hydrogens is 502 g/mol. The average molecular weight is 539 g/mol. The van der Waals surface area contributed by atoms with Crippen molar-refractivity contribution in [2.75, 3.05) is 38.7 Å². The van der Waals surface area contributed by atoms with E-state index in [0.29, 0.717) is 23.6 Å². The predicted molar refractivity (Wildman–Crippen MR) is 150 cm³/mol. The van der Waals surface area contributed by atoms with Gasteiger partial charge in [-0.3, -0.25) is 4.79 Å². The fourth-order valence-corrected chi connectivity index (χ4v) is 4.75. The molecule has 0 radical (unpaired) electrons. The smallest absolute Gasteiger partial charge is 0.253 e. The highest BCUT2D eigenvalue weighted by molar-refractivity contribution is 7.14. The Kier molecular flexibility index (Phi) is 8.96. The van der Waals surface area contributed by atoms with E-state index in [0.717, 1.165) is 60.3 Å². The van der Waals surface area contributed by atoms with Gasteiger partial charge in [-0.1, -0.05) is 37.6 Å². The van der Waals surface area contributed by atoms with Crippen molar-refractivity contribution in [3.05, 3.63) is 69.8 Å². The Morgan fingerprint density at radius 1 is 1.26 bits per heavy atom. The van der Waals surface area contributed by atoms with Gasteiger partial charge in [0.15, 0.2) is 5.13 Å². The largest absolute Gasteiger partial charge is 0.493 e. The van der Waals surface area contributed by atoms with Gasteiger partial charge in [0.05, 0.1) is 54.9 Å². The van der Waals surface area contributed by atoms with Gasteiger partial charge in [0, 0.05) is 22.1 Å². The van der Waals surface area contributed by atoms with E-state index >= 15 is 0 Å². The lowest BCUT2D eigenvalue weighted by atomic mass is 9.90. The second-order valence-electron chi connectivity index (χ2n) is 9.65. The van der Waals surface area contributed by atoms with E-state index in [1.54, 1.807) is 12.3 Å². The molecule has 0 atom stereocenters. The van der Waals surface area contributed by atoms with E-state index in [-0.39, 0.29) is 11.3 Å². The highest BCUT2D eigenvalue weighted by atomic mass is 32.1. The van der Waals surface area contributed by atoms with Gasteiger partial charge in [0.2, 0.25) is 7.05 Å². The molecule has 9 nitrogen and oxygen atoms in total. The highest BCUT2D eigenvalue weighted by Gasteiger charge is 2.34. The second-order valence-corrected chi connectivity index (χ2v) is 10.5. The lowest BCUT2D eigenvalue weighted by Gasteiger charge is -2.37. The Hall–Kier alpha value is -3.50. The Labute approximate surface area is 227 Å². The number of carbonyl (C=O) groups is 1. The number of carbonyl (C=O) groups excluding carboxylic acids is 1. The summed E-state index contributed by atoms with van der Waals surface area (Å²) in [7, 11) is 1.38. The van der Waals surface area contributed by atoms with E-state index in [1.807, 2.05) is 43.5 Å². The number of nitrogens with one attached hydrogen (secondary N) is 2. The molecule has 5 rings (SSSR count). The van der Waals surface area contributed by atoms with E-state index < -0.39 is 0 Å². The van der Waals surface area contributed by atoms with E-state index in [4.69, 9.17) is 14.5 Å². The van der Waals surface area contributed by atoms with Crippen LogP contribution >= 0.6 is 11.3 Å². The summed E-state index contributed by atoms with van der Waals surface area (Å²) in [4.78, 5) is 29.5. The van der Waals surface area contributed by atoms with Crippen molar-refractivity contribution in [2.24, 2.45) is 5.41 Å². The molecule has 0 bridgehead atoms. The average Bonchev–Trinajstić information content (AvgIpc) is 3.56. The summed E-state index contributed by atoms with van der Waals surface area (Å²) in [6, 6.07) is 9.60. The Bertz CT molecular complexity index is 1300. The van der Waals surface area contributed by atoms with Crippen LogP contribution in [0.3, 0.4) is 0 Å². The molecule has 38 heavy (non-hydrogen) atoms. The Balaban J connectivity index is 0.00000164. The number of amides is 1. The predicted octanol–water partition coefficient (Wildman–Crippen LogP) is 5.50. The molecule has 2 N–H and O–H groups in total. The molecular formula is C28H36N5O4S+. The maximum absolute atomic E-state index is 12.6. The third-order valence-corrected chi connectivity index (χ3v) is 7.21. The number of benzene rings is 1. The van der Waals surface area contributed by atoms with Crippen LogP contribution < -0.4 is 15.4 Å². The summed E-state index contributed by atoms with van der Waals surface area (Å²) in [5, 5.41) is 9.20. The Morgan fingerprint density at radius 2 is 2.05 bits per heavy atom. The Morgan fingerprint density at radius 3 is 2.68 bits per heavy atom. The standard InChI is InChI=1S/C26H29N5O4S.C2H6/c1-26(15-34-16-26)17-35-21-8-4-7-19(11-21)23-14-36-25(29-23)28-22(18-5-3-6-18)12-27-24(32)20-9-10-31(13-20)30(2)33;1-2/h4,7-11,13-14H,3,5-6,12,15-17H2,1-2H3,(H-,27,28,29,32);1-2H3/p+1. The monoisotopic (exact) mass is 538 g/mol. The van der Waals surface area contributed by atoms with Crippen molar-refractivity contribution in [1.29, 1.82) is 0 Å². The number of rotatable bonds is 10. The zero-order chi connectivity index (χ0) is 27.1. The zero-order valence-electron chi connectivity index (χ0n) is 22.5. The first-order chi connectivity index (χ1) is 18.4. The molecule has 0 unspecified atom stereocenters. The van der Waals surface area contributed by atoms with Crippen molar-refractivity contribution in [3.8, 4) is 17.0 Å². The molecule has 202 valence electrons. The van der Waals surface area contributed by atoms with Gasteiger partial charge in [-0.05, 0) is 43.0 Å². The maximum atomic E-state index is 12.6. The number of aromatic nitrogens is 2. The zero-order valence-corrected chi connectivity index (χ0v) is 23.3. The minimum atomic E-state index is -0.228. The number of hydrogen-bond acceptors (Lipinski definition) is 7. The van der Waals surface area contributed by atoms with E-state index in [2.05, 4.69) is 17.6 Å². The van der Waals surface area contributed by atoms with Gasteiger partial charge in [-0.15, -0.1) is 11.3 Å². The molecule has 1 saturated carbocycles. The number of thiazole rings is 1. The molecule has 2 aliphatic rings. The van der Waals surface area contributed by atoms with Crippen LogP contribution in [0.15, 0.2) is 59.4 Å². The van der Waals surface area contributed by atoms with Crippen LogP contribution in [0.1, 0.15) is 50.4 Å². The number of hydrogen-bond donors (Lipinski definition) is 2. The summed E-state index contributed by atoms with van der Waals surface area (Å²) in [5.74, 6) is 0.592. The van der Waals surface area contributed by atoms with Gasteiger partial charge in [0.1, 0.15) is 10.6 Å². The summed E-state index contributed by atoms with van der Waals surface area (Å²) in [6.45, 7) is 8.62. The fraction of sp³-hybridized carbons (Fsp3) is 0.429. The minimum absolute atomic E-state index is 0.0882. The molecule has 3 aromatic rings. The van der Waals surface area contributed by atoms with Crippen molar-refractivity contribution in [3.63, 3.8) is 0 Å². The van der Waals surface area contributed by atoms with E-state index in [9.17, 15) is 9.70 Å². The topological polar surface area (TPSA) is 97.5 Å². The molecule has 1 amide bonds. The summed E-state index contributed by atoms with van der Waals surface area (Å²) in [6.07, 6.45) is 6.24. The van der Waals surface area contributed by atoms with Crippen LogP contribution in [0.4, 0.5) is 5.13 Å². The molecule has 2 aromatic heterocycles. The van der Waals surface area contributed by atoms with Crippen LogP contribution in [-0.2, 0) is 4.74 Å².